The van der Waals surface area contributed by atoms with Gasteiger partial charge in [-0.1, -0.05) is 113 Å². The molecule has 156 valence electrons. The largest absolute Gasteiger partial charge is 0.106 e. The standard InChI is InChI=1S/C11H16.C6H14.C3H8.C2H6.2C2H4/c1-9-7-5-6-8-10(9)11(2,3)4;1-4-6(3)5-2;1-3-2;3*1-2/h5-8H,1-4H3;6H,4-5H2,1-3H3;3H2,1-2H3;1-2H3;2*1-2H2. The predicted molar refractivity (Wildman–Crippen MR) is 129 cm³/mol. The van der Waals surface area contributed by atoms with Crippen LogP contribution in [-0.2, 0) is 5.41 Å². The summed E-state index contributed by atoms with van der Waals surface area (Å²) in [4.78, 5) is 0. The molecule has 0 heteroatoms. The first-order valence-electron chi connectivity index (χ1n) is 10.3. The third kappa shape index (κ3) is 27.5. The van der Waals surface area contributed by atoms with Crippen LogP contribution in [0.3, 0.4) is 0 Å². The molecule has 1 aromatic carbocycles. The maximum absolute atomic E-state index is 3.00. The van der Waals surface area contributed by atoms with Crippen LogP contribution in [0.5, 0.6) is 0 Å². The minimum atomic E-state index is 0.283. The average Bonchev–Trinajstić information content (AvgIpc) is 2.66. The summed E-state index contributed by atoms with van der Waals surface area (Å²) < 4.78 is 0. The van der Waals surface area contributed by atoms with Crippen LogP contribution in [0.4, 0.5) is 0 Å². The van der Waals surface area contributed by atoms with Gasteiger partial charge in [0.1, 0.15) is 0 Å². The second kappa shape index (κ2) is 28.5. The van der Waals surface area contributed by atoms with Gasteiger partial charge in [0.15, 0.2) is 0 Å². The first-order chi connectivity index (χ1) is 12.2. The molecular weight excluding hydrogens is 312 g/mol. The quantitative estimate of drug-likeness (QED) is 0.458. The summed E-state index contributed by atoms with van der Waals surface area (Å²) in [5.41, 5.74) is 3.12. The van der Waals surface area contributed by atoms with Gasteiger partial charge in [0, 0.05) is 0 Å². The van der Waals surface area contributed by atoms with E-state index in [-0.39, 0.29) is 5.41 Å². The van der Waals surface area contributed by atoms with Crippen molar-refractivity contribution in [1.82, 2.24) is 0 Å². The molecule has 0 spiro atoms. The van der Waals surface area contributed by atoms with Crippen molar-refractivity contribution in [3.63, 3.8) is 0 Å². The van der Waals surface area contributed by atoms with Crippen molar-refractivity contribution in [2.45, 2.75) is 101 Å². The van der Waals surface area contributed by atoms with Crippen LogP contribution in [0.2, 0.25) is 0 Å². The fraction of sp³-hybridized carbons (Fsp3) is 0.615. The molecule has 0 fully saturated rings. The highest BCUT2D eigenvalue weighted by Gasteiger charge is 2.14. The summed E-state index contributed by atoms with van der Waals surface area (Å²) in [6.07, 6.45) is 3.91. The predicted octanol–water partition coefficient (Wildman–Crippen LogP) is 9.78. The van der Waals surface area contributed by atoms with Gasteiger partial charge in [-0.25, -0.2) is 0 Å². The van der Waals surface area contributed by atoms with Crippen molar-refractivity contribution in [2.75, 3.05) is 0 Å². The number of benzene rings is 1. The van der Waals surface area contributed by atoms with E-state index in [1.54, 1.807) is 0 Å². The van der Waals surface area contributed by atoms with Gasteiger partial charge in [0.05, 0.1) is 0 Å². The summed E-state index contributed by atoms with van der Waals surface area (Å²) in [7, 11) is 0. The van der Waals surface area contributed by atoms with Crippen molar-refractivity contribution >= 4 is 0 Å². The molecule has 26 heavy (non-hydrogen) atoms. The lowest BCUT2D eigenvalue weighted by Gasteiger charge is -2.21. The highest BCUT2D eigenvalue weighted by Crippen LogP contribution is 2.24. The first kappa shape index (κ1) is 35.7. The molecule has 1 aromatic rings. The summed E-state index contributed by atoms with van der Waals surface area (Å²) in [5, 5.41) is 0. The Kier molecular flexibility index (Phi) is 39.2. The van der Waals surface area contributed by atoms with Crippen LogP contribution in [-0.4, -0.2) is 0 Å². The molecule has 0 radical (unpaired) electrons. The Labute approximate surface area is 168 Å². The third-order valence-electron chi connectivity index (χ3n) is 3.35. The summed E-state index contributed by atoms with van der Waals surface area (Å²) >= 11 is 0. The number of rotatable bonds is 2. The van der Waals surface area contributed by atoms with Gasteiger partial charge in [0.2, 0.25) is 0 Å². The smallest absolute Gasteiger partial charge is 0.0129 e. The van der Waals surface area contributed by atoms with E-state index in [1.807, 2.05) is 13.8 Å². The lowest BCUT2D eigenvalue weighted by Crippen LogP contribution is -2.12. The highest BCUT2D eigenvalue weighted by atomic mass is 14.2. The monoisotopic (exact) mass is 364 g/mol. The Hall–Kier alpha value is -1.30. The van der Waals surface area contributed by atoms with Crippen LogP contribution in [0.15, 0.2) is 50.6 Å². The van der Waals surface area contributed by atoms with Crippen LogP contribution < -0.4 is 0 Å². The van der Waals surface area contributed by atoms with Crippen molar-refractivity contribution in [3.8, 4) is 0 Å². The molecule has 1 rings (SSSR count). The maximum Gasteiger partial charge on any atom is -0.0129 e. The molecule has 0 bridgehead atoms. The van der Waals surface area contributed by atoms with E-state index in [0.29, 0.717) is 0 Å². The molecule has 0 saturated heterocycles. The van der Waals surface area contributed by atoms with Gasteiger partial charge in [-0.05, 0) is 29.4 Å². The molecule has 0 aliphatic carbocycles. The van der Waals surface area contributed by atoms with Crippen LogP contribution in [0, 0.1) is 12.8 Å². The van der Waals surface area contributed by atoms with Crippen LogP contribution in [0.25, 0.3) is 0 Å². The molecule has 0 atom stereocenters. The molecular formula is C26H52. The van der Waals surface area contributed by atoms with Gasteiger partial charge in [0.25, 0.3) is 0 Å². The van der Waals surface area contributed by atoms with E-state index in [2.05, 4.69) is 113 Å². The topological polar surface area (TPSA) is 0 Å². The van der Waals surface area contributed by atoms with Gasteiger partial charge in [-0.2, -0.15) is 0 Å². The van der Waals surface area contributed by atoms with Crippen molar-refractivity contribution in [3.05, 3.63) is 61.7 Å². The normalized spacial score (nSPS) is 8.46. The zero-order chi connectivity index (χ0) is 22.2. The second-order valence-corrected chi connectivity index (χ2v) is 6.69. The van der Waals surface area contributed by atoms with E-state index in [4.69, 9.17) is 0 Å². The zero-order valence-corrected chi connectivity index (χ0v) is 20.3. The maximum atomic E-state index is 3.00. The molecule has 0 aromatic heterocycles. The van der Waals surface area contributed by atoms with Crippen molar-refractivity contribution in [2.24, 2.45) is 5.92 Å². The number of hydrogen-bond donors (Lipinski definition) is 0. The summed E-state index contributed by atoms with van der Waals surface area (Å²) in [6, 6.07) is 8.56. The minimum absolute atomic E-state index is 0.283. The van der Waals surface area contributed by atoms with E-state index >= 15 is 0 Å². The SMILES string of the molecule is C=C.C=C.CC.CCC.CCC(C)CC.Cc1ccccc1C(C)(C)C. The lowest BCUT2D eigenvalue weighted by atomic mass is 9.84. The Morgan fingerprint density at radius 3 is 1.27 bits per heavy atom. The lowest BCUT2D eigenvalue weighted by molar-refractivity contribution is 0.544. The van der Waals surface area contributed by atoms with Gasteiger partial charge < -0.3 is 0 Å². The van der Waals surface area contributed by atoms with Crippen molar-refractivity contribution in [1.29, 1.82) is 0 Å². The van der Waals surface area contributed by atoms with E-state index in [1.165, 1.54) is 30.4 Å². The van der Waals surface area contributed by atoms with Crippen LogP contribution >= 0.6 is 0 Å². The molecule has 0 unspecified atom stereocenters. The minimum Gasteiger partial charge on any atom is -0.106 e. The molecule has 0 N–H and O–H groups in total. The van der Waals surface area contributed by atoms with Gasteiger partial charge >= 0.3 is 0 Å². The Bertz CT molecular complexity index is 337. The summed E-state index contributed by atoms with van der Waals surface area (Å²) in [6.45, 7) is 35.9. The fourth-order valence-electron chi connectivity index (χ4n) is 1.70. The van der Waals surface area contributed by atoms with Gasteiger partial charge in [-0.15, -0.1) is 26.3 Å². The number of aryl methyl sites for hydroxylation is 1. The molecule has 0 nitrogen and oxygen atoms in total. The summed E-state index contributed by atoms with van der Waals surface area (Å²) in [5.74, 6) is 0.935. The second-order valence-electron chi connectivity index (χ2n) is 6.69. The van der Waals surface area contributed by atoms with E-state index < -0.39 is 0 Å². The van der Waals surface area contributed by atoms with E-state index in [9.17, 15) is 0 Å². The molecule has 0 amide bonds. The fourth-order valence-corrected chi connectivity index (χ4v) is 1.70. The number of hydrogen-bond acceptors (Lipinski definition) is 0. The zero-order valence-electron chi connectivity index (χ0n) is 20.3. The molecule has 0 heterocycles. The molecule has 0 aliphatic heterocycles. The van der Waals surface area contributed by atoms with Crippen LogP contribution in [0.1, 0.15) is 99.6 Å². The molecule has 0 saturated carbocycles. The third-order valence-corrected chi connectivity index (χ3v) is 3.35. The Balaban J connectivity index is -0.0000000837. The van der Waals surface area contributed by atoms with Gasteiger partial charge in [-0.3, -0.25) is 0 Å². The van der Waals surface area contributed by atoms with Crippen molar-refractivity contribution < 1.29 is 0 Å². The Morgan fingerprint density at radius 1 is 0.808 bits per heavy atom. The average molecular weight is 365 g/mol. The molecule has 0 aliphatic rings. The Morgan fingerprint density at radius 2 is 1.12 bits per heavy atom. The highest BCUT2D eigenvalue weighted by molar-refractivity contribution is 5.31. The van der Waals surface area contributed by atoms with E-state index in [0.717, 1.165) is 5.92 Å². The first-order valence-corrected chi connectivity index (χ1v) is 10.3.